The summed E-state index contributed by atoms with van der Waals surface area (Å²) >= 11 is 2.52. The first-order chi connectivity index (χ1) is 10.4. The highest BCUT2D eigenvalue weighted by atomic mass is 32.1. The first-order valence-corrected chi connectivity index (χ1v) is 7.87. The van der Waals surface area contributed by atoms with Gasteiger partial charge in [0.2, 0.25) is 0 Å². The second kappa shape index (κ2) is 5.43. The number of non-ortho nitro benzene ring substituents is 1. The predicted octanol–water partition coefficient (Wildman–Crippen LogP) is 3.53. The average molecular weight is 334 g/mol. The Labute approximate surface area is 132 Å². The van der Waals surface area contributed by atoms with Gasteiger partial charge in [0.25, 0.3) is 11.6 Å². The van der Waals surface area contributed by atoms with E-state index in [4.69, 9.17) is 0 Å². The van der Waals surface area contributed by atoms with Crippen LogP contribution in [0.2, 0.25) is 0 Å². The fourth-order valence-electron chi connectivity index (χ4n) is 1.98. The monoisotopic (exact) mass is 334 g/mol. The summed E-state index contributed by atoms with van der Waals surface area (Å²) in [5.41, 5.74) is 1.29. The number of anilines is 1. The Morgan fingerprint density at radius 2 is 2.05 bits per heavy atom. The number of aromatic nitrogens is 2. The van der Waals surface area contributed by atoms with Crippen LogP contribution in [0.4, 0.5) is 10.8 Å². The summed E-state index contributed by atoms with van der Waals surface area (Å²) in [5, 5.41) is 14.7. The van der Waals surface area contributed by atoms with Gasteiger partial charge in [-0.2, -0.15) is 0 Å². The highest BCUT2D eigenvalue weighted by Gasteiger charge is 2.16. The number of rotatable bonds is 3. The number of nitro groups is 1. The fraction of sp³-hybridized carbons (Fsp3) is 0.154. The lowest BCUT2D eigenvalue weighted by Gasteiger charge is -1.98. The van der Waals surface area contributed by atoms with Crippen LogP contribution in [0.3, 0.4) is 0 Å². The number of thiazole rings is 2. The molecule has 7 nitrogen and oxygen atoms in total. The SMILES string of the molecule is Cc1nc(C)c(C(=O)Nc2nc3ccc([N+](=O)[O-])cc3s2)s1. The molecule has 0 spiro atoms. The lowest BCUT2D eigenvalue weighted by Crippen LogP contribution is -2.11. The summed E-state index contributed by atoms with van der Waals surface area (Å²) in [6, 6.07) is 4.41. The van der Waals surface area contributed by atoms with Crippen LogP contribution in [0.15, 0.2) is 18.2 Å². The molecule has 3 aromatic rings. The van der Waals surface area contributed by atoms with Gasteiger partial charge < -0.3 is 0 Å². The predicted molar refractivity (Wildman–Crippen MR) is 85.8 cm³/mol. The van der Waals surface area contributed by atoms with E-state index in [0.717, 1.165) is 5.01 Å². The van der Waals surface area contributed by atoms with Crippen molar-refractivity contribution in [1.29, 1.82) is 0 Å². The molecule has 3 rings (SSSR count). The van der Waals surface area contributed by atoms with Crippen LogP contribution in [0.5, 0.6) is 0 Å². The molecule has 22 heavy (non-hydrogen) atoms. The highest BCUT2D eigenvalue weighted by Crippen LogP contribution is 2.30. The lowest BCUT2D eigenvalue weighted by atomic mass is 10.3. The molecule has 0 aliphatic heterocycles. The van der Waals surface area contributed by atoms with E-state index < -0.39 is 4.92 Å². The number of carbonyl (C=O) groups is 1. The molecule has 1 amide bonds. The molecule has 1 N–H and O–H groups in total. The van der Waals surface area contributed by atoms with Gasteiger partial charge in [-0.3, -0.25) is 20.2 Å². The van der Waals surface area contributed by atoms with E-state index in [2.05, 4.69) is 15.3 Å². The largest absolute Gasteiger partial charge is 0.297 e. The number of hydrogen-bond acceptors (Lipinski definition) is 7. The topological polar surface area (TPSA) is 98.0 Å². The zero-order valence-electron chi connectivity index (χ0n) is 11.6. The van der Waals surface area contributed by atoms with E-state index in [-0.39, 0.29) is 11.6 Å². The van der Waals surface area contributed by atoms with Gasteiger partial charge in [-0.1, -0.05) is 11.3 Å². The first-order valence-electron chi connectivity index (χ1n) is 6.24. The number of carbonyl (C=O) groups excluding carboxylic acids is 1. The van der Waals surface area contributed by atoms with E-state index in [9.17, 15) is 14.9 Å². The van der Waals surface area contributed by atoms with Crippen molar-refractivity contribution in [2.24, 2.45) is 0 Å². The number of benzene rings is 1. The summed E-state index contributed by atoms with van der Waals surface area (Å²) < 4.78 is 0.654. The van der Waals surface area contributed by atoms with E-state index in [1.54, 1.807) is 13.0 Å². The van der Waals surface area contributed by atoms with Crippen LogP contribution < -0.4 is 5.32 Å². The third-order valence-electron chi connectivity index (χ3n) is 2.91. The number of nitrogens with one attached hydrogen (secondary N) is 1. The molecule has 0 saturated heterocycles. The molecular formula is C13H10N4O3S2. The Hall–Kier alpha value is -2.39. The minimum atomic E-state index is -0.457. The number of amides is 1. The van der Waals surface area contributed by atoms with Gasteiger partial charge in [0, 0.05) is 12.1 Å². The Morgan fingerprint density at radius 1 is 1.27 bits per heavy atom. The van der Waals surface area contributed by atoms with Gasteiger partial charge in [0.05, 0.1) is 25.8 Å². The fourth-order valence-corrected chi connectivity index (χ4v) is 3.69. The van der Waals surface area contributed by atoms with Crippen molar-refractivity contribution in [2.75, 3.05) is 5.32 Å². The Bertz CT molecular complexity index is 900. The molecule has 0 aliphatic carbocycles. The zero-order valence-corrected chi connectivity index (χ0v) is 13.2. The van der Waals surface area contributed by atoms with Gasteiger partial charge in [0.15, 0.2) is 5.13 Å². The molecule has 0 fully saturated rings. The van der Waals surface area contributed by atoms with E-state index in [1.165, 1.54) is 34.8 Å². The van der Waals surface area contributed by atoms with Crippen LogP contribution in [-0.2, 0) is 0 Å². The number of fused-ring (bicyclic) bond motifs is 1. The van der Waals surface area contributed by atoms with Crippen LogP contribution in [-0.4, -0.2) is 20.8 Å². The van der Waals surface area contributed by atoms with Gasteiger partial charge >= 0.3 is 0 Å². The number of hydrogen-bond donors (Lipinski definition) is 1. The normalized spacial score (nSPS) is 10.8. The molecular weight excluding hydrogens is 324 g/mol. The van der Waals surface area contributed by atoms with Crippen molar-refractivity contribution in [3.8, 4) is 0 Å². The van der Waals surface area contributed by atoms with Crippen LogP contribution in [0.25, 0.3) is 10.2 Å². The lowest BCUT2D eigenvalue weighted by molar-refractivity contribution is -0.384. The second-order valence-electron chi connectivity index (χ2n) is 4.53. The van der Waals surface area contributed by atoms with Crippen molar-refractivity contribution in [3.63, 3.8) is 0 Å². The molecule has 0 unspecified atom stereocenters. The van der Waals surface area contributed by atoms with Gasteiger partial charge in [-0.25, -0.2) is 9.97 Å². The molecule has 0 atom stereocenters. The van der Waals surface area contributed by atoms with E-state index in [0.29, 0.717) is 25.9 Å². The smallest absolute Gasteiger partial charge is 0.270 e. The molecule has 1 aromatic carbocycles. The maximum atomic E-state index is 12.2. The summed E-state index contributed by atoms with van der Waals surface area (Å²) in [6.45, 7) is 3.62. The van der Waals surface area contributed by atoms with E-state index in [1.807, 2.05) is 6.92 Å². The quantitative estimate of drug-likeness (QED) is 0.583. The Morgan fingerprint density at radius 3 is 2.68 bits per heavy atom. The van der Waals surface area contributed by atoms with E-state index >= 15 is 0 Å². The summed E-state index contributed by atoms with van der Waals surface area (Å²) in [6.07, 6.45) is 0. The summed E-state index contributed by atoms with van der Waals surface area (Å²) in [7, 11) is 0. The van der Waals surface area contributed by atoms with Crippen molar-refractivity contribution in [3.05, 3.63) is 43.9 Å². The van der Waals surface area contributed by atoms with Crippen molar-refractivity contribution < 1.29 is 9.72 Å². The molecule has 0 saturated carbocycles. The molecule has 0 bridgehead atoms. The zero-order chi connectivity index (χ0) is 15.9. The average Bonchev–Trinajstić information content (AvgIpc) is 2.99. The third-order valence-corrected chi connectivity index (χ3v) is 4.92. The Kier molecular flexibility index (Phi) is 3.59. The highest BCUT2D eigenvalue weighted by molar-refractivity contribution is 7.22. The standard InChI is InChI=1S/C13H10N4O3S2/c1-6-11(21-7(2)14-6)12(18)16-13-15-9-4-3-8(17(19)20)5-10(9)22-13/h3-5H,1-2H3,(H,15,16,18). The maximum absolute atomic E-state index is 12.2. The number of nitro benzene ring substituents is 1. The molecule has 2 aromatic heterocycles. The first kappa shape index (κ1) is 14.5. The molecule has 9 heteroatoms. The van der Waals surface area contributed by atoms with Gasteiger partial charge in [-0.15, -0.1) is 11.3 Å². The molecule has 0 aliphatic rings. The van der Waals surface area contributed by atoms with Crippen LogP contribution in [0.1, 0.15) is 20.4 Å². The van der Waals surface area contributed by atoms with Gasteiger partial charge in [0.1, 0.15) is 4.88 Å². The minimum Gasteiger partial charge on any atom is -0.297 e. The van der Waals surface area contributed by atoms with Crippen molar-refractivity contribution in [1.82, 2.24) is 9.97 Å². The van der Waals surface area contributed by atoms with Gasteiger partial charge in [-0.05, 0) is 19.9 Å². The van der Waals surface area contributed by atoms with Crippen LogP contribution >= 0.6 is 22.7 Å². The van der Waals surface area contributed by atoms with Crippen molar-refractivity contribution in [2.45, 2.75) is 13.8 Å². The molecule has 2 heterocycles. The minimum absolute atomic E-state index is 0.00273. The third kappa shape index (κ3) is 2.68. The summed E-state index contributed by atoms with van der Waals surface area (Å²) in [4.78, 5) is 31.5. The number of aryl methyl sites for hydroxylation is 2. The van der Waals surface area contributed by atoms with Crippen molar-refractivity contribution >= 4 is 49.6 Å². The molecule has 112 valence electrons. The van der Waals surface area contributed by atoms with Crippen LogP contribution in [0, 0.1) is 24.0 Å². The Balaban J connectivity index is 1.89. The maximum Gasteiger partial charge on any atom is 0.270 e. The number of nitrogens with zero attached hydrogens (tertiary/aromatic N) is 3. The molecule has 0 radical (unpaired) electrons. The second-order valence-corrected chi connectivity index (χ2v) is 6.76. The summed E-state index contributed by atoms with van der Waals surface area (Å²) in [5.74, 6) is -0.267.